The number of ketones is 1. The van der Waals surface area contributed by atoms with E-state index in [-0.39, 0.29) is 17.8 Å². The van der Waals surface area contributed by atoms with Gasteiger partial charge in [0.2, 0.25) is 0 Å². The fourth-order valence-corrected chi connectivity index (χ4v) is 4.99. The zero-order valence-electron chi connectivity index (χ0n) is 20.6. The molecular weight excluding hydrogens is 458 g/mol. The standard InChI is InChI=1S/C29H29NO4S/c1-18-14-23(11-13-27(18)34-17-28(32)33)35-30-16-25(19(2)31)24-15-21(8-12-26(24)30)20-6-9-22(10-7-20)29(3,4)5/h6-16H,17H2,1-5H3,(H,32,33). The smallest absolute Gasteiger partial charge is 0.341 e. The number of carboxylic acid groups (broad SMARTS) is 1. The van der Waals surface area contributed by atoms with Gasteiger partial charge < -0.3 is 9.84 Å². The second-order valence-corrected chi connectivity index (χ2v) is 10.7. The van der Waals surface area contributed by atoms with E-state index in [2.05, 4.69) is 63.2 Å². The van der Waals surface area contributed by atoms with Gasteiger partial charge in [-0.05, 0) is 83.8 Å². The van der Waals surface area contributed by atoms with Crippen LogP contribution in [0.3, 0.4) is 0 Å². The molecule has 1 N–H and O–H groups in total. The molecule has 0 atom stereocenters. The van der Waals surface area contributed by atoms with E-state index in [1.165, 1.54) is 17.5 Å². The SMILES string of the molecule is CC(=O)c1cn(Sc2ccc(OCC(=O)O)c(C)c2)c2ccc(-c3ccc(C(C)(C)C)cc3)cc12. The fourth-order valence-electron chi connectivity index (χ4n) is 3.99. The first-order valence-corrected chi connectivity index (χ1v) is 12.2. The van der Waals surface area contributed by atoms with Gasteiger partial charge in [0.1, 0.15) is 5.75 Å². The second kappa shape index (κ2) is 9.62. The van der Waals surface area contributed by atoms with Crippen molar-refractivity contribution in [3.63, 3.8) is 0 Å². The highest BCUT2D eigenvalue weighted by Gasteiger charge is 2.16. The molecule has 35 heavy (non-hydrogen) atoms. The number of ether oxygens (including phenoxy) is 1. The number of carbonyl (C=O) groups is 2. The molecule has 0 aliphatic carbocycles. The summed E-state index contributed by atoms with van der Waals surface area (Å²) >= 11 is 1.50. The molecule has 180 valence electrons. The third-order valence-electron chi connectivity index (χ3n) is 5.94. The van der Waals surface area contributed by atoms with Gasteiger partial charge in [-0.15, -0.1) is 0 Å². The number of carbonyl (C=O) groups excluding carboxylic acids is 1. The zero-order chi connectivity index (χ0) is 25.3. The molecule has 0 bridgehead atoms. The molecule has 0 aliphatic heterocycles. The second-order valence-electron chi connectivity index (χ2n) is 9.69. The topological polar surface area (TPSA) is 68.5 Å². The Hall–Kier alpha value is -3.51. The largest absolute Gasteiger partial charge is 0.482 e. The van der Waals surface area contributed by atoms with Gasteiger partial charge >= 0.3 is 5.97 Å². The maximum absolute atomic E-state index is 12.5. The molecule has 0 unspecified atom stereocenters. The van der Waals surface area contributed by atoms with Crippen molar-refractivity contribution < 1.29 is 19.4 Å². The lowest BCUT2D eigenvalue weighted by atomic mass is 9.86. The third-order valence-corrected chi connectivity index (χ3v) is 6.90. The Morgan fingerprint density at radius 3 is 2.26 bits per heavy atom. The number of hydrogen-bond donors (Lipinski definition) is 1. The molecule has 6 heteroatoms. The molecule has 0 radical (unpaired) electrons. The average molecular weight is 488 g/mol. The Kier molecular flexibility index (Phi) is 6.77. The first-order chi connectivity index (χ1) is 16.5. The Labute approximate surface area is 209 Å². The van der Waals surface area contributed by atoms with Crippen molar-refractivity contribution >= 4 is 34.6 Å². The van der Waals surface area contributed by atoms with Crippen molar-refractivity contribution in [3.05, 3.63) is 83.6 Å². The van der Waals surface area contributed by atoms with Crippen molar-refractivity contribution in [2.45, 2.75) is 44.9 Å². The monoisotopic (exact) mass is 487 g/mol. The summed E-state index contributed by atoms with van der Waals surface area (Å²) in [5.41, 5.74) is 6.04. The van der Waals surface area contributed by atoms with Gasteiger partial charge in [-0.1, -0.05) is 51.1 Å². The lowest BCUT2D eigenvalue weighted by molar-refractivity contribution is -0.139. The van der Waals surface area contributed by atoms with Gasteiger partial charge in [0.25, 0.3) is 0 Å². The molecule has 1 aromatic heterocycles. The van der Waals surface area contributed by atoms with E-state index >= 15 is 0 Å². The number of aryl methyl sites for hydroxylation is 1. The molecule has 0 saturated carbocycles. The minimum Gasteiger partial charge on any atom is -0.482 e. The summed E-state index contributed by atoms with van der Waals surface area (Å²) in [6, 6.07) is 20.4. The number of carboxylic acids is 1. The van der Waals surface area contributed by atoms with Crippen molar-refractivity contribution in [3.8, 4) is 16.9 Å². The van der Waals surface area contributed by atoms with E-state index < -0.39 is 5.97 Å². The van der Waals surface area contributed by atoms with Crippen LogP contribution >= 0.6 is 11.9 Å². The highest BCUT2D eigenvalue weighted by atomic mass is 32.2. The highest BCUT2D eigenvalue weighted by Crippen LogP contribution is 2.35. The van der Waals surface area contributed by atoms with Gasteiger partial charge in [-0.3, -0.25) is 8.77 Å². The van der Waals surface area contributed by atoms with Gasteiger partial charge in [-0.25, -0.2) is 4.79 Å². The fraction of sp³-hybridized carbons (Fsp3) is 0.241. The minimum absolute atomic E-state index is 0.0168. The number of aromatic nitrogens is 1. The highest BCUT2D eigenvalue weighted by molar-refractivity contribution is 7.98. The summed E-state index contributed by atoms with van der Waals surface area (Å²) in [6.07, 6.45) is 1.88. The first kappa shape index (κ1) is 24.6. The maximum Gasteiger partial charge on any atom is 0.341 e. The molecule has 1 heterocycles. The van der Waals surface area contributed by atoms with E-state index in [4.69, 9.17) is 9.84 Å². The van der Waals surface area contributed by atoms with E-state index in [0.717, 1.165) is 32.5 Å². The number of fused-ring (bicyclic) bond motifs is 1. The summed E-state index contributed by atoms with van der Waals surface area (Å²) in [5, 5.41) is 9.76. The maximum atomic E-state index is 12.5. The number of nitrogens with zero attached hydrogens (tertiary/aromatic N) is 1. The van der Waals surface area contributed by atoms with Crippen LogP contribution in [0.15, 0.2) is 71.8 Å². The van der Waals surface area contributed by atoms with E-state index in [0.29, 0.717) is 11.3 Å². The Bertz CT molecular complexity index is 1410. The van der Waals surface area contributed by atoms with Crippen molar-refractivity contribution in [1.29, 1.82) is 0 Å². The van der Waals surface area contributed by atoms with Crippen LogP contribution in [-0.4, -0.2) is 27.4 Å². The predicted molar refractivity (Wildman–Crippen MR) is 142 cm³/mol. The van der Waals surface area contributed by atoms with Gasteiger partial charge in [-0.2, -0.15) is 0 Å². The van der Waals surface area contributed by atoms with Crippen LogP contribution in [0.2, 0.25) is 0 Å². The molecule has 0 spiro atoms. The molecule has 4 rings (SSSR count). The van der Waals surface area contributed by atoms with Crippen LogP contribution in [0.25, 0.3) is 22.0 Å². The molecular formula is C29H29NO4S. The van der Waals surface area contributed by atoms with Gasteiger partial charge in [0.15, 0.2) is 12.4 Å². The minimum atomic E-state index is -1.01. The number of hydrogen-bond acceptors (Lipinski definition) is 4. The zero-order valence-corrected chi connectivity index (χ0v) is 21.4. The lowest BCUT2D eigenvalue weighted by Gasteiger charge is -2.19. The van der Waals surface area contributed by atoms with Crippen LogP contribution in [0, 0.1) is 6.92 Å². The molecule has 4 aromatic rings. The van der Waals surface area contributed by atoms with E-state index in [1.807, 2.05) is 29.2 Å². The number of Topliss-reactive ketones (excluding diaryl/α,β-unsaturated/α-hetero) is 1. The number of benzene rings is 3. The van der Waals surface area contributed by atoms with E-state index in [9.17, 15) is 9.59 Å². The first-order valence-electron chi connectivity index (χ1n) is 11.4. The van der Waals surface area contributed by atoms with Gasteiger partial charge in [0.05, 0.1) is 5.52 Å². The Morgan fingerprint density at radius 2 is 1.66 bits per heavy atom. The number of rotatable bonds is 7. The van der Waals surface area contributed by atoms with Gasteiger partial charge in [0, 0.05) is 22.0 Å². The molecule has 0 fully saturated rings. The number of aliphatic carboxylic acids is 1. The van der Waals surface area contributed by atoms with Crippen LogP contribution in [0.5, 0.6) is 5.75 Å². The Morgan fingerprint density at radius 1 is 0.971 bits per heavy atom. The molecule has 0 amide bonds. The van der Waals surface area contributed by atoms with Crippen LogP contribution < -0.4 is 4.74 Å². The van der Waals surface area contributed by atoms with Crippen molar-refractivity contribution in [2.24, 2.45) is 0 Å². The average Bonchev–Trinajstić information content (AvgIpc) is 3.16. The van der Waals surface area contributed by atoms with E-state index in [1.54, 1.807) is 13.0 Å². The Balaban J connectivity index is 1.67. The molecule has 0 aliphatic rings. The molecule has 0 saturated heterocycles. The summed E-state index contributed by atoms with van der Waals surface area (Å²) in [6.45, 7) is 9.70. The quantitative estimate of drug-likeness (QED) is 0.281. The summed E-state index contributed by atoms with van der Waals surface area (Å²) in [4.78, 5) is 24.2. The van der Waals surface area contributed by atoms with Crippen molar-refractivity contribution in [2.75, 3.05) is 6.61 Å². The van der Waals surface area contributed by atoms with Crippen LogP contribution in [0.4, 0.5) is 0 Å². The normalized spacial score (nSPS) is 11.6. The van der Waals surface area contributed by atoms with Crippen LogP contribution in [0.1, 0.15) is 49.2 Å². The third kappa shape index (κ3) is 5.43. The summed E-state index contributed by atoms with van der Waals surface area (Å²) in [7, 11) is 0. The van der Waals surface area contributed by atoms with Crippen molar-refractivity contribution in [1.82, 2.24) is 3.97 Å². The molecule has 3 aromatic carbocycles. The van der Waals surface area contributed by atoms with Crippen LogP contribution in [-0.2, 0) is 10.2 Å². The summed E-state index contributed by atoms with van der Waals surface area (Å²) < 4.78 is 7.34. The summed E-state index contributed by atoms with van der Waals surface area (Å²) in [5.74, 6) is -0.452. The predicted octanol–water partition coefficient (Wildman–Crippen LogP) is 7.14. The molecule has 5 nitrogen and oxygen atoms in total. The lowest BCUT2D eigenvalue weighted by Crippen LogP contribution is -2.10.